The van der Waals surface area contributed by atoms with Gasteiger partial charge in [-0.1, -0.05) is 18.2 Å². The Morgan fingerprint density at radius 3 is 2.35 bits per heavy atom. The lowest BCUT2D eigenvalue weighted by atomic mass is 10.0. The Bertz CT molecular complexity index is 821. The molecular weight excluding hydrogens is 339 g/mol. The van der Waals surface area contributed by atoms with Gasteiger partial charge in [0, 0.05) is 16.8 Å². The van der Waals surface area contributed by atoms with E-state index in [1.807, 2.05) is 0 Å². The van der Waals surface area contributed by atoms with Gasteiger partial charge >= 0.3 is 6.09 Å². The summed E-state index contributed by atoms with van der Waals surface area (Å²) in [4.78, 5) is 24.6. The number of benzene rings is 2. The minimum atomic E-state index is -1.22. The van der Waals surface area contributed by atoms with Gasteiger partial charge in [0.25, 0.3) is 0 Å². The minimum Gasteiger partial charge on any atom is -0.508 e. The first kappa shape index (κ1) is 19.1. The molecule has 2 aromatic carbocycles. The molecule has 0 aliphatic rings. The van der Waals surface area contributed by atoms with Gasteiger partial charge in [0.05, 0.1) is 0 Å². The van der Waals surface area contributed by atoms with Crippen molar-refractivity contribution in [3.63, 3.8) is 0 Å². The maximum atomic E-state index is 13.7. The fraction of sp³-hybridized carbons (Fsp3) is 0.211. The molecule has 0 bridgehead atoms. The predicted molar refractivity (Wildman–Crippen MR) is 94.1 cm³/mol. The number of hydrogen-bond donors (Lipinski definition) is 3. The fourth-order valence-electron chi connectivity index (χ4n) is 2.34. The number of amides is 1. The summed E-state index contributed by atoms with van der Waals surface area (Å²) in [5, 5.41) is 19.4. The highest BCUT2D eigenvalue weighted by Crippen LogP contribution is 2.20. The zero-order valence-corrected chi connectivity index (χ0v) is 14.3. The summed E-state index contributed by atoms with van der Waals surface area (Å²) in [6, 6.07) is 10.1. The largest absolute Gasteiger partial charge is 0.508 e. The number of Topliss-reactive ketones (excluding diaryl/α,β-unsaturated/α-hetero) is 1. The number of halogens is 1. The lowest BCUT2D eigenvalue weighted by Gasteiger charge is -2.19. The first-order chi connectivity index (χ1) is 12.3. The van der Waals surface area contributed by atoms with Crippen molar-refractivity contribution < 1.29 is 23.8 Å². The first-order valence-corrected chi connectivity index (χ1v) is 7.89. The summed E-state index contributed by atoms with van der Waals surface area (Å²) in [7, 11) is 0. The van der Waals surface area contributed by atoms with Crippen LogP contribution in [0.3, 0.4) is 0 Å². The van der Waals surface area contributed by atoms with Crippen molar-refractivity contribution in [3.05, 3.63) is 65.5 Å². The van der Waals surface area contributed by atoms with E-state index in [0.717, 1.165) is 0 Å². The van der Waals surface area contributed by atoms with E-state index in [-0.39, 0.29) is 22.6 Å². The van der Waals surface area contributed by atoms with E-state index in [1.165, 1.54) is 56.3 Å². The molecule has 0 radical (unpaired) electrons. The van der Waals surface area contributed by atoms with Crippen molar-refractivity contribution in [1.82, 2.24) is 5.32 Å². The highest BCUT2D eigenvalue weighted by atomic mass is 19.1. The van der Waals surface area contributed by atoms with Crippen LogP contribution in [0, 0.1) is 11.2 Å². The number of nitrogens with one attached hydrogen (secondary N) is 2. The summed E-state index contributed by atoms with van der Waals surface area (Å²) in [5.74, 6) is -1.03. The normalized spacial score (nSPS) is 12.7. The van der Waals surface area contributed by atoms with Crippen molar-refractivity contribution in [2.24, 2.45) is 0 Å². The van der Waals surface area contributed by atoms with E-state index in [0.29, 0.717) is 0 Å². The molecule has 0 spiro atoms. The second-order valence-corrected chi connectivity index (χ2v) is 5.74. The Labute approximate surface area is 150 Å². The Morgan fingerprint density at radius 2 is 1.77 bits per heavy atom. The number of ketones is 1. The fourth-order valence-corrected chi connectivity index (χ4v) is 2.34. The van der Waals surface area contributed by atoms with Crippen LogP contribution in [0.15, 0.2) is 48.5 Å². The Morgan fingerprint density at radius 1 is 1.15 bits per heavy atom. The van der Waals surface area contributed by atoms with Crippen molar-refractivity contribution in [2.75, 3.05) is 0 Å². The second-order valence-electron chi connectivity index (χ2n) is 5.74. The zero-order chi connectivity index (χ0) is 19.3. The summed E-state index contributed by atoms with van der Waals surface area (Å²) in [5.41, 5.74) is 0.344. The van der Waals surface area contributed by atoms with Crippen molar-refractivity contribution in [3.8, 4) is 5.75 Å². The number of hydrogen-bond acceptors (Lipinski definition) is 5. The molecule has 0 aromatic heterocycles. The topological polar surface area (TPSA) is 99.5 Å². The molecule has 2 unspecified atom stereocenters. The van der Waals surface area contributed by atoms with Crippen LogP contribution < -0.4 is 5.32 Å². The van der Waals surface area contributed by atoms with E-state index >= 15 is 0 Å². The molecule has 3 N–H and O–H groups in total. The van der Waals surface area contributed by atoms with Gasteiger partial charge in [-0.05, 0) is 44.2 Å². The van der Waals surface area contributed by atoms with Gasteiger partial charge in [0.2, 0.25) is 0 Å². The Balaban J connectivity index is 2.08. The molecule has 1 amide bonds. The average molecular weight is 358 g/mol. The smallest absolute Gasteiger partial charge is 0.408 e. The third-order valence-electron chi connectivity index (χ3n) is 3.74. The van der Waals surface area contributed by atoms with Crippen LogP contribution in [0.2, 0.25) is 0 Å². The highest BCUT2D eigenvalue weighted by molar-refractivity contribution is 6.15. The van der Waals surface area contributed by atoms with Gasteiger partial charge < -0.3 is 20.6 Å². The summed E-state index contributed by atoms with van der Waals surface area (Å²) >= 11 is 0. The van der Waals surface area contributed by atoms with E-state index in [1.54, 1.807) is 6.07 Å². The van der Waals surface area contributed by atoms with Crippen LogP contribution in [-0.2, 0) is 4.74 Å². The third kappa shape index (κ3) is 4.66. The molecule has 0 saturated heterocycles. The predicted octanol–water partition coefficient (Wildman–Crippen LogP) is 3.61. The molecule has 26 heavy (non-hydrogen) atoms. The molecule has 0 fully saturated rings. The number of carbonyl (C=O) groups excluding carboxylic acids is 2. The number of ether oxygens (including phenoxy) is 1. The standard InChI is InChI=1S/C19H19FN2O4/c1-11(21)17(18(24)13-7-9-14(23)10-8-13)22-19(25)26-12(2)15-5-3-4-6-16(15)20/h3-10,12,17,21,23H,1-2H3,(H,22,25). The maximum absolute atomic E-state index is 13.7. The van der Waals surface area contributed by atoms with Crippen molar-refractivity contribution in [1.29, 1.82) is 5.41 Å². The molecule has 7 heteroatoms. The molecule has 0 heterocycles. The first-order valence-electron chi connectivity index (χ1n) is 7.89. The lowest BCUT2D eigenvalue weighted by Crippen LogP contribution is -2.45. The van der Waals surface area contributed by atoms with Crippen LogP contribution in [0.5, 0.6) is 5.75 Å². The van der Waals surface area contributed by atoms with Crippen LogP contribution in [0.1, 0.15) is 35.9 Å². The molecule has 0 aliphatic carbocycles. The molecule has 6 nitrogen and oxygen atoms in total. The molecule has 2 rings (SSSR count). The molecule has 0 aliphatic heterocycles. The van der Waals surface area contributed by atoms with Crippen LogP contribution >= 0.6 is 0 Å². The quantitative estimate of drug-likeness (QED) is 0.542. The summed E-state index contributed by atoms with van der Waals surface area (Å²) in [6.07, 6.45) is -1.81. The van der Waals surface area contributed by atoms with Gasteiger partial charge in [-0.15, -0.1) is 0 Å². The summed E-state index contributed by atoms with van der Waals surface area (Å²) in [6.45, 7) is 2.88. The number of alkyl carbamates (subject to hydrolysis) is 1. The van der Waals surface area contributed by atoms with Gasteiger partial charge in [-0.3, -0.25) is 4.79 Å². The number of phenolic OH excluding ortho intramolecular Hbond substituents is 1. The average Bonchev–Trinajstić information content (AvgIpc) is 2.59. The molecule has 136 valence electrons. The van der Waals surface area contributed by atoms with E-state index in [2.05, 4.69) is 5.32 Å². The molecule has 2 atom stereocenters. The van der Waals surface area contributed by atoms with E-state index in [4.69, 9.17) is 10.1 Å². The summed E-state index contributed by atoms with van der Waals surface area (Å²) < 4.78 is 18.9. The lowest BCUT2D eigenvalue weighted by molar-refractivity contribution is 0.0898. The van der Waals surface area contributed by atoms with Crippen LogP contribution in [-0.4, -0.2) is 28.7 Å². The highest BCUT2D eigenvalue weighted by Gasteiger charge is 2.26. The van der Waals surface area contributed by atoms with E-state index in [9.17, 15) is 19.1 Å². The number of phenols is 1. The Kier molecular flexibility index (Phi) is 6.06. The second kappa shape index (κ2) is 8.24. The number of carbonyl (C=O) groups is 2. The molecular formula is C19H19FN2O4. The minimum absolute atomic E-state index is 0.00393. The SMILES string of the molecule is CC(=N)C(NC(=O)OC(C)c1ccccc1F)C(=O)c1ccc(O)cc1. The van der Waals surface area contributed by atoms with Gasteiger partial charge in [0.15, 0.2) is 5.78 Å². The monoisotopic (exact) mass is 358 g/mol. The molecule has 0 saturated carbocycles. The van der Waals surface area contributed by atoms with Gasteiger partial charge in [-0.2, -0.15) is 0 Å². The van der Waals surface area contributed by atoms with Gasteiger partial charge in [-0.25, -0.2) is 9.18 Å². The van der Waals surface area contributed by atoms with Crippen molar-refractivity contribution >= 4 is 17.6 Å². The van der Waals surface area contributed by atoms with E-state index < -0.39 is 29.8 Å². The van der Waals surface area contributed by atoms with Crippen LogP contribution in [0.25, 0.3) is 0 Å². The van der Waals surface area contributed by atoms with Crippen LogP contribution in [0.4, 0.5) is 9.18 Å². The van der Waals surface area contributed by atoms with Gasteiger partial charge in [0.1, 0.15) is 23.7 Å². The zero-order valence-electron chi connectivity index (χ0n) is 14.3. The maximum Gasteiger partial charge on any atom is 0.408 e. The van der Waals surface area contributed by atoms with Crippen molar-refractivity contribution in [2.45, 2.75) is 26.0 Å². The molecule has 2 aromatic rings. The Hall–Kier alpha value is -3.22. The number of aromatic hydroxyl groups is 1. The number of rotatable bonds is 6. The third-order valence-corrected chi connectivity index (χ3v) is 3.74.